The molecule has 3 rings (SSSR count). The number of nitrogens with zero attached hydrogens (tertiary/aromatic N) is 4. The first-order chi connectivity index (χ1) is 13.3. The summed E-state index contributed by atoms with van der Waals surface area (Å²) in [4.78, 5) is 12.0. The Hall–Kier alpha value is -2.69. The van der Waals surface area contributed by atoms with Gasteiger partial charge in [0.25, 0.3) is 10.0 Å². The number of carbonyl (C=O) groups excluding carboxylic acids is 1. The van der Waals surface area contributed by atoms with E-state index in [1.54, 1.807) is 10.9 Å². The summed E-state index contributed by atoms with van der Waals surface area (Å²) in [5.41, 5.74) is 0.466. The minimum absolute atomic E-state index is 0.00781. The SMILES string of the molecule is O=C(CCn1cc(Cl)cn1)Nc1ccc(S(=O)(=O)Nc2ccc(Cl)nn2)cc1. The largest absolute Gasteiger partial charge is 0.326 e. The first-order valence-corrected chi connectivity index (χ1v) is 10.2. The van der Waals surface area contributed by atoms with Crippen LogP contribution in [0.3, 0.4) is 0 Å². The number of rotatable bonds is 7. The van der Waals surface area contributed by atoms with Gasteiger partial charge in [-0.3, -0.25) is 14.2 Å². The number of aryl methyl sites for hydroxylation is 1. The Morgan fingerprint density at radius 2 is 1.82 bits per heavy atom. The van der Waals surface area contributed by atoms with E-state index in [1.807, 2.05) is 0 Å². The third-order valence-electron chi connectivity index (χ3n) is 3.49. The molecule has 0 saturated carbocycles. The third-order valence-corrected chi connectivity index (χ3v) is 5.26. The maximum Gasteiger partial charge on any atom is 0.263 e. The first kappa shape index (κ1) is 20.1. The normalized spacial score (nSPS) is 11.2. The molecular formula is C16H14Cl2N6O3S. The quantitative estimate of drug-likeness (QED) is 0.582. The summed E-state index contributed by atoms with van der Waals surface area (Å²) in [6.45, 7) is 0.372. The van der Waals surface area contributed by atoms with Crippen molar-refractivity contribution in [3.05, 3.63) is 59.0 Å². The average molecular weight is 441 g/mol. The molecule has 0 aliphatic heterocycles. The fourth-order valence-electron chi connectivity index (χ4n) is 2.18. The number of hydrogen-bond donors (Lipinski definition) is 2. The molecule has 3 aromatic rings. The Morgan fingerprint density at radius 1 is 1.07 bits per heavy atom. The first-order valence-electron chi connectivity index (χ1n) is 7.92. The van der Waals surface area contributed by atoms with Crippen LogP contribution in [0.5, 0.6) is 0 Å². The Bertz CT molecular complexity index is 1070. The van der Waals surface area contributed by atoms with Crippen molar-refractivity contribution in [3.8, 4) is 0 Å². The molecule has 0 fully saturated rings. The number of sulfonamides is 1. The van der Waals surface area contributed by atoms with Crippen molar-refractivity contribution in [2.75, 3.05) is 10.0 Å². The second-order valence-corrected chi connectivity index (χ2v) is 8.10. The zero-order valence-corrected chi connectivity index (χ0v) is 16.5. The number of nitrogens with one attached hydrogen (secondary N) is 2. The lowest BCUT2D eigenvalue weighted by Crippen LogP contribution is -2.16. The van der Waals surface area contributed by atoms with Gasteiger partial charge in [0, 0.05) is 24.8 Å². The van der Waals surface area contributed by atoms with Crippen LogP contribution in [0.25, 0.3) is 0 Å². The lowest BCUT2D eigenvalue weighted by atomic mass is 10.3. The van der Waals surface area contributed by atoms with Gasteiger partial charge in [0.05, 0.1) is 16.1 Å². The molecule has 1 amide bonds. The van der Waals surface area contributed by atoms with E-state index in [4.69, 9.17) is 23.2 Å². The molecule has 2 aromatic heterocycles. The minimum atomic E-state index is -3.85. The Balaban J connectivity index is 1.59. The summed E-state index contributed by atoms with van der Waals surface area (Å²) < 4.78 is 28.6. The van der Waals surface area contributed by atoms with Crippen molar-refractivity contribution in [3.63, 3.8) is 0 Å². The molecule has 0 saturated heterocycles. The summed E-state index contributed by atoms with van der Waals surface area (Å²) in [6.07, 6.45) is 3.30. The molecule has 0 bridgehead atoms. The number of hydrogen-bond acceptors (Lipinski definition) is 6. The number of anilines is 2. The van der Waals surface area contributed by atoms with Gasteiger partial charge in [0.2, 0.25) is 5.91 Å². The average Bonchev–Trinajstić information content (AvgIpc) is 3.08. The predicted octanol–water partition coefficient (Wildman–Crippen LogP) is 2.81. The molecule has 28 heavy (non-hydrogen) atoms. The highest BCUT2D eigenvalue weighted by Crippen LogP contribution is 2.17. The topological polar surface area (TPSA) is 119 Å². The summed E-state index contributed by atoms with van der Waals surface area (Å²) in [7, 11) is -3.85. The van der Waals surface area contributed by atoms with E-state index in [0.29, 0.717) is 17.3 Å². The fourth-order valence-corrected chi connectivity index (χ4v) is 3.44. The van der Waals surface area contributed by atoms with Crippen LogP contribution in [-0.2, 0) is 21.4 Å². The van der Waals surface area contributed by atoms with Gasteiger partial charge in [-0.15, -0.1) is 10.2 Å². The lowest BCUT2D eigenvalue weighted by Gasteiger charge is -2.09. The predicted molar refractivity (Wildman–Crippen MR) is 105 cm³/mol. The van der Waals surface area contributed by atoms with Crippen molar-refractivity contribution in [2.24, 2.45) is 0 Å². The molecule has 0 aliphatic rings. The summed E-state index contributed by atoms with van der Waals surface area (Å²) >= 11 is 11.4. The van der Waals surface area contributed by atoms with E-state index < -0.39 is 10.0 Å². The second-order valence-electron chi connectivity index (χ2n) is 5.59. The molecule has 0 atom stereocenters. The van der Waals surface area contributed by atoms with Crippen LogP contribution < -0.4 is 10.0 Å². The smallest absolute Gasteiger partial charge is 0.263 e. The number of halogens is 2. The third kappa shape index (κ3) is 5.41. The van der Waals surface area contributed by atoms with Gasteiger partial charge in [-0.1, -0.05) is 23.2 Å². The van der Waals surface area contributed by atoms with Crippen LogP contribution in [0.15, 0.2) is 53.7 Å². The van der Waals surface area contributed by atoms with E-state index in [-0.39, 0.29) is 28.2 Å². The van der Waals surface area contributed by atoms with Crippen LogP contribution in [0.2, 0.25) is 10.2 Å². The molecule has 2 N–H and O–H groups in total. The summed E-state index contributed by atoms with van der Waals surface area (Å²) in [6, 6.07) is 8.54. The minimum Gasteiger partial charge on any atom is -0.326 e. The van der Waals surface area contributed by atoms with E-state index >= 15 is 0 Å². The summed E-state index contributed by atoms with van der Waals surface area (Å²) in [5, 5.41) is 14.5. The highest BCUT2D eigenvalue weighted by atomic mass is 35.5. The van der Waals surface area contributed by atoms with Crippen LogP contribution in [0, 0.1) is 0 Å². The lowest BCUT2D eigenvalue weighted by molar-refractivity contribution is -0.116. The van der Waals surface area contributed by atoms with Gasteiger partial charge in [-0.2, -0.15) is 5.10 Å². The standard InChI is InChI=1S/C16H14Cl2N6O3S/c17-11-9-19-24(10-11)8-7-16(25)20-12-1-3-13(4-2-12)28(26,27)23-15-6-5-14(18)21-22-15/h1-6,9-10H,7-8H2,(H,20,25)(H,22,23). The van der Waals surface area contributed by atoms with Gasteiger partial charge in [0.15, 0.2) is 11.0 Å². The van der Waals surface area contributed by atoms with E-state index in [1.165, 1.54) is 42.6 Å². The Labute approximate surface area is 170 Å². The molecule has 0 spiro atoms. The zero-order chi connectivity index (χ0) is 20.1. The van der Waals surface area contributed by atoms with Crippen LogP contribution in [-0.4, -0.2) is 34.3 Å². The van der Waals surface area contributed by atoms with Crippen LogP contribution in [0.1, 0.15) is 6.42 Å². The Morgan fingerprint density at radius 3 is 2.43 bits per heavy atom. The number of aromatic nitrogens is 4. The molecule has 2 heterocycles. The van der Waals surface area contributed by atoms with Gasteiger partial charge >= 0.3 is 0 Å². The van der Waals surface area contributed by atoms with Crippen molar-refractivity contribution in [1.82, 2.24) is 20.0 Å². The fraction of sp³-hybridized carbons (Fsp3) is 0.125. The van der Waals surface area contributed by atoms with Crippen molar-refractivity contribution in [2.45, 2.75) is 17.9 Å². The summed E-state index contributed by atoms with van der Waals surface area (Å²) in [5.74, 6) is -0.197. The highest BCUT2D eigenvalue weighted by molar-refractivity contribution is 7.92. The number of carbonyl (C=O) groups is 1. The van der Waals surface area contributed by atoms with Gasteiger partial charge in [-0.05, 0) is 36.4 Å². The highest BCUT2D eigenvalue weighted by Gasteiger charge is 2.15. The molecule has 146 valence electrons. The monoisotopic (exact) mass is 440 g/mol. The maximum absolute atomic E-state index is 12.4. The van der Waals surface area contributed by atoms with Gasteiger partial charge in [0.1, 0.15) is 0 Å². The van der Waals surface area contributed by atoms with Crippen molar-refractivity contribution in [1.29, 1.82) is 0 Å². The maximum atomic E-state index is 12.4. The zero-order valence-electron chi connectivity index (χ0n) is 14.2. The molecule has 0 aliphatic carbocycles. The van der Waals surface area contributed by atoms with Gasteiger partial charge < -0.3 is 5.32 Å². The van der Waals surface area contributed by atoms with Crippen LogP contribution in [0.4, 0.5) is 11.5 Å². The molecule has 9 nitrogen and oxygen atoms in total. The number of benzene rings is 1. The molecular weight excluding hydrogens is 427 g/mol. The Kier molecular flexibility index (Phi) is 6.12. The molecule has 0 radical (unpaired) electrons. The number of amides is 1. The molecule has 12 heteroatoms. The van der Waals surface area contributed by atoms with E-state index in [9.17, 15) is 13.2 Å². The van der Waals surface area contributed by atoms with Crippen molar-refractivity contribution < 1.29 is 13.2 Å². The molecule has 1 aromatic carbocycles. The van der Waals surface area contributed by atoms with E-state index in [2.05, 4.69) is 25.3 Å². The molecule has 0 unspecified atom stereocenters. The van der Waals surface area contributed by atoms with Gasteiger partial charge in [-0.25, -0.2) is 8.42 Å². The van der Waals surface area contributed by atoms with E-state index in [0.717, 1.165) is 0 Å². The van der Waals surface area contributed by atoms with Crippen LogP contribution >= 0.6 is 23.2 Å². The van der Waals surface area contributed by atoms with Crippen molar-refractivity contribution >= 4 is 50.6 Å². The second kappa shape index (κ2) is 8.55.